The van der Waals surface area contributed by atoms with Gasteiger partial charge in [-0.15, -0.1) is 0 Å². The first kappa shape index (κ1) is 22.6. The molecule has 1 rings (SSSR count). The van der Waals surface area contributed by atoms with Crippen LogP contribution in [0.15, 0.2) is 24.3 Å². The van der Waals surface area contributed by atoms with Gasteiger partial charge in [-0.05, 0) is 37.6 Å². The number of hydrogen-bond acceptors (Lipinski definition) is 5. The number of ether oxygens (including phenoxy) is 2. The van der Waals surface area contributed by atoms with E-state index in [1.165, 1.54) is 38.1 Å². The Kier molecular flexibility index (Phi) is 8.39. The molecule has 0 heterocycles. The number of halogens is 3. The molecule has 0 saturated carbocycles. The lowest BCUT2D eigenvalue weighted by Gasteiger charge is -2.35. The van der Waals surface area contributed by atoms with Crippen molar-refractivity contribution >= 4 is 17.6 Å². The average molecular weight is 390 g/mol. The number of anilines is 1. The van der Waals surface area contributed by atoms with E-state index in [1.54, 1.807) is 5.32 Å². The summed E-state index contributed by atoms with van der Waals surface area (Å²) in [5.41, 5.74) is -3.42. The van der Waals surface area contributed by atoms with Gasteiger partial charge in [0, 0.05) is 12.1 Å². The molecule has 6 nitrogen and oxygen atoms in total. The van der Waals surface area contributed by atoms with Crippen molar-refractivity contribution in [1.82, 2.24) is 5.32 Å². The zero-order valence-corrected chi connectivity index (χ0v) is 15.6. The summed E-state index contributed by atoms with van der Waals surface area (Å²) in [6.45, 7) is 4.98. The highest BCUT2D eigenvalue weighted by atomic mass is 19.4. The molecule has 0 aliphatic heterocycles. The van der Waals surface area contributed by atoms with Gasteiger partial charge < -0.3 is 20.1 Å². The van der Waals surface area contributed by atoms with E-state index in [2.05, 4.69) is 10.1 Å². The van der Waals surface area contributed by atoms with E-state index in [0.717, 1.165) is 12.8 Å². The second-order valence-corrected chi connectivity index (χ2v) is 5.72. The first-order chi connectivity index (χ1) is 12.7. The molecule has 152 valence electrons. The van der Waals surface area contributed by atoms with Gasteiger partial charge in [0.1, 0.15) is 5.75 Å². The minimum absolute atomic E-state index is 0.0281. The van der Waals surface area contributed by atoms with Crippen LogP contribution in [0.5, 0.6) is 5.75 Å². The number of alkyl halides is 3. The molecule has 0 saturated heterocycles. The molecule has 1 aromatic rings. The van der Waals surface area contributed by atoms with Crippen LogP contribution < -0.4 is 15.4 Å². The maximum Gasteiger partial charge on any atom is 0.441 e. The van der Waals surface area contributed by atoms with E-state index in [-0.39, 0.29) is 18.7 Å². The third-order valence-electron chi connectivity index (χ3n) is 3.61. The lowest BCUT2D eigenvalue weighted by atomic mass is 10.1. The normalized spacial score (nSPS) is 13.4. The number of carbonyl (C=O) groups is 2. The topological polar surface area (TPSA) is 76.7 Å². The molecule has 1 atom stereocenters. The fraction of sp³-hybridized carbons (Fsp3) is 0.556. The van der Waals surface area contributed by atoms with E-state index < -0.39 is 23.7 Å². The molecule has 27 heavy (non-hydrogen) atoms. The van der Waals surface area contributed by atoms with Gasteiger partial charge in [-0.2, -0.15) is 13.2 Å². The summed E-state index contributed by atoms with van der Waals surface area (Å²) in [5, 5.41) is 3.82. The van der Waals surface area contributed by atoms with Crippen molar-refractivity contribution in [3.8, 4) is 5.75 Å². The molecule has 2 N–H and O–H groups in total. The minimum atomic E-state index is -5.14. The average Bonchev–Trinajstić information content (AvgIpc) is 2.61. The summed E-state index contributed by atoms with van der Waals surface area (Å²) >= 11 is 0. The molecule has 0 aliphatic rings. The van der Waals surface area contributed by atoms with Crippen molar-refractivity contribution in [3.05, 3.63) is 24.3 Å². The summed E-state index contributed by atoms with van der Waals surface area (Å²) in [5.74, 6) is -2.10. The number of unbranched alkanes of at least 4 members (excludes halogenated alkanes) is 1. The molecule has 1 unspecified atom stereocenters. The Balaban J connectivity index is 3.15. The molecule has 0 aliphatic carbocycles. The Morgan fingerprint density at radius 3 is 2.19 bits per heavy atom. The zero-order valence-electron chi connectivity index (χ0n) is 15.6. The fourth-order valence-electron chi connectivity index (χ4n) is 2.11. The number of amides is 1. The van der Waals surface area contributed by atoms with Crippen LogP contribution in [0.25, 0.3) is 0 Å². The van der Waals surface area contributed by atoms with E-state index in [0.29, 0.717) is 12.4 Å². The van der Waals surface area contributed by atoms with E-state index in [4.69, 9.17) is 4.74 Å². The third-order valence-corrected chi connectivity index (χ3v) is 3.61. The second kappa shape index (κ2) is 10.0. The lowest BCUT2D eigenvalue weighted by Crippen LogP contribution is -2.69. The number of nitrogens with one attached hydrogen (secondary N) is 2. The van der Waals surface area contributed by atoms with Crippen molar-refractivity contribution in [2.24, 2.45) is 0 Å². The molecule has 0 spiro atoms. The van der Waals surface area contributed by atoms with Crippen molar-refractivity contribution in [1.29, 1.82) is 0 Å². The quantitative estimate of drug-likeness (QED) is 0.363. The maximum atomic E-state index is 13.8. The predicted octanol–water partition coefficient (Wildman–Crippen LogP) is 3.63. The highest BCUT2D eigenvalue weighted by Gasteiger charge is 2.63. The van der Waals surface area contributed by atoms with Gasteiger partial charge in [0.25, 0.3) is 0 Å². The number of esters is 1. The third kappa shape index (κ3) is 6.04. The largest absolute Gasteiger partial charge is 0.494 e. The first-order valence-corrected chi connectivity index (χ1v) is 8.76. The Hall–Kier alpha value is -2.45. The smallest absolute Gasteiger partial charge is 0.441 e. The molecule has 1 amide bonds. The van der Waals surface area contributed by atoms with Crippen molar-refractivity contribution in [3.63, 3.8) is 0 Å². The van der Waals surface area contributed by atoms with Gasteiger partial charge in [0.2, 0.25) is 5.91 Å². The van der Waals surface area contributed by atoms with E-state index in [1.807, 2.05) is 6.92 Å². The second-order valence-electron chi connectivity index (χ2n) is 5.72. The summed E-state index contributed by atoms with van der Waals surface area (Å²) in [4.78, 5) is 23.9. The van der Waals surface area contributed by atoms with Gasteiger partial charge in [-0.25, -0.2) is 4.79 Å². The first-order valence-electron chi connectivity index (χ1n) is 8.76. The van der Waals surface area contributed by atoms with Crippen molar-refractivity contribution < 1.29 is 32.2 Å². The number of hydrogen-bond donors (Lipinski definition) is 2. The van der Waals surface area contributed by atoms with Gasteiger partial charge in [0.05, 0.1) is 13.2 Å². The van der Waals surface area contributed by atoms with Gasteiger partial charge in [0.15, 0.2) is 0 Å². The monoisotopic (exact) mass is 390 g/mol. The maximum absolute atomic E-state index is 13.8. The minimum Gasteiger partial charge on any atom is -0.494 e. The summed E-state index contributed by atoms with van der Waals surface area (Å²) in [6, 6.07) is 5.62. The van der Waals surface area contributed by atoms with Gasteiger partial charge >= 0.3 is 17.8 Å². The number of carbonyl (C=O) groups excluding carboxylic acids is 2. The SMILES string of the molecule is CCCCOc1ccc(NC(NC(=O)CC)(C(=O)OCC)C(F)(F)F)cc1. The van der Waals surface area contributed by atoms with Crippen LogP contribution in [0.2, 0.25) is 0 Å². The molecular formula is C18H25F3N2O4. The van der Waals surface area contributed by atoms with Gasteiger partial charge in [-0.3, -0.25) is 4.79 Å². The molecule has 9 heteroatoms. The van der Waals surface area contributed by atoms with E-state index >= 15 is 0 Å². The number of benzene rings is 1. The van der Waals surface area contributed by atoms with Crippen LogP contribution in [0.3, 0.4) is 0 Å². The summed E-state index contributed by atoms with van der Waals surface area (Å²) < 4.78 is 51.5. The number of rotatable bonds is 10. The van der Waals surface area contributed by atoms with Gasteiger partial charge in [-0.1, -0.05) is 20.3 Å². The fourth-order valence-corrected chi connectivity index (χ4v) is 2.11. The van der Waals surface area contributed by atoms with Crippen molar-refractivity contribution in [2.75, 3.05) is 18.5 Å². The van der Waals surface area contributed by atoms with Crippen LogP contribution in [0.4, 0.5) is 18.9 Å². The molecular weight excluding hydrogens is 365 g/mol. The van der Waals surface area contributed by atoms with Crippen LogP contribution in [0, 0.1) is 0 Å². The van der Waals surface area contributed by atoms with Crippen LogP contribution in [-0.2, 0) is 14.3 Å². The molecule has 0 bridgehead atoms. The van der Waals surface area contributed by atoms with Crippen molar-refractivity contribution in [2.45, 2.75) is 51.9 Å². The molecule has 1 aromatic carbocycles. The predicted molar refractivity (Wildman–Crippen MR) is 94.3 cm³/mol. The Morgan fingerprint density at radius 1 is 1.07 bits per heavy atom. The standard InChI is InChI=1S/C18H25F3N2O4/c1-4-7-12-27-14-10-8-13(9-11-14)22-17(18(19,20)21,16(25)26-6-3)23-15(24)5-2/h8-11,22H,4-7,12H2,1-3H3,(H,23,24). The van der Waals surface area contributed by atoms with Crippen LogP contribution >= 0.6 is 0 Å². The Morgan fingerprint density at radius 2 is 1.70 bits per heavy atom. The summed E-state index contributed by atoms with van der Waals surface area (Å²) in [6.07, 6.45) is -3.57. The molecule has 0 fully saturated rings. The Bertz CT molecular complexity index is 620. The highest BCUT2D eigenvalue weighted by molar-refractivity contribution is 5.91. The van der Waals surface area contributed by atoms with E-state index in [9.17, 15) is 22.8 Å². The molecule has 0 radical (unpaired) electrons. The summed E-state index contributed by atoms with van der Waals surface area (Å²) in [7, 11) is 0. The van der Waals surface area contributed by atoms with Crippen LogP contribution in [0.1, 0.15) is 40.0 Å². The van der Waals surface area contributed by atoms with Crippen LogP contribution in [-0.4, -0.2) is 36.9 Å². The highest BCUT2D eigenvalue weighted by Crippen LogP contribution is 2.33. The zero-order chi connectivity index (χ0) is 20.5. The molecule has 0 aromatic heterocycles. The Labute approximate surface area is 156 Å². The lowest BCUT2D eigenvalue weighted by molar-refractivity contribution is -0.207.